The highest BCUT2D eigenvalue weighted by Crippen LogP contribution is 2.16. The molecule has 1 atom stereocenters. The fraction of sp³-hybridized carbons (Fsp3) is 0.625. The molecule has 0 radical (unpaired) electrons. The highest BCUT2D eigenvalue weighted by atomic mass is 35.5. The number of piperidine rings is 1. The van der Waals surface area contributed by atoms with E-state index in [-0.39, 0.29) is 24.8 Å². The van der Waals surface area contributed by atoms with E-state index in [2.05, 4.69) is 21.5 Å². The molecule has 13 heavy (non-hydrogen) atoms. The lowest BCUT2D eigenvalue weighted by molar-refractivity contribution is -0.665. The Bertz CT molecular complexity index is 207. The number of hydrogen-bond donors (Lipinski definition) is 2. The van der Waals surface area contributed by atoms with Crippen molar-refractivity contribution in [2.75, 3.05) is 13.1 Å². The molecule has 2 rings (SSSR count). The molecule has 0 aromatic carbocycles. The number of nitrogens with two attached hydrogens (primary N) is 1. The van der Waals surface area contributed by atoms with Gasteiger partial charge in [0.1, 0.15) is 11.9 Å². The number of aromatic nitrogens is 2. The van der Waals surface area contributed by atoms with E-state index in [9.17, 15) is 0 Å². The Kier molecular flexibility index (Phi) is 6.12. The van der Waals surface area contributed by atoms with Crippen molar-refractivity contribution in [1.29, 1.82) is 0 Å². The van der Waals surface area contributed by atoms with Gasteiger partial charge >= 0.3 is 0 Å². The lowest BCUT2D eigenvalue weighted by atomic mass is 9.97. The highest BCUT2D eigenvalue weighted by molar-refractivity contribution is 4.99. The Labute approximate surface area is 90.5 Å². The molecule has 0 aliphatic carbocycles. The average molecular weight is 224 g/mol. The van der Waals surface area contributed by atoms with Crippen LogP contribution in [-0.4, -0.2) is 18.1 Å². The molecule has 0 amide bonds. The van der Waals surface area contributed by atoms with E-state index in [1.165, 1.54) is 31.6 Å². The van der Waals surface area contributed by atoms with Crippen LogP contribution in [0.2, 0.25) is 0 Å². The van der Waals surface area contributed by atoms with Gasteiger partial charge in [-0.2, -0.15) is 0 Å². The van der Waals surface area contributed by atoms with Crippen LogP contribution in [0.3, 0.4) is 0 Å². The smallest absolute Gasteiger partial charge is 0.239 e. The molecule has 76 valence electrons. The maximum Gasteiger partial charge on any atom is 0.239 e. The largest absolute Gasteiger partial charge is 1.00 e. The molecular formula is C8H15Cl2N3. The van der Waals surface area contributed by atoms with Crippen LogP contribution in [0, 0.1) is 0 Å². The minimum absolute atomic E-state index is 0. The minimum Gasteiger partial charge on any atom is -1.00 e. The minimum atomic E-state index is 0. The summed E-state index contributed by atoms with van der Waals surface area (Å²) < 4.78 is 0. The molecule has 2 heterocycles. The molecule has 1 fully saturated rings. The van der Waals surface area contributed by atoms with Crippen LogP contribution < -0.4 is 35.1 Å². The van der Waals surface area contributed by atoms with E-state index in [0.29, 0.717) is 0 Å². The van der Waals surface area contributed by atoms with Crippen molar-refractivity contribution in [3.05, 3.63) is 18.2 Å². The van der Waals surface area contributed by atoms with Crippen LogP contribution in [-0.2, 0) is 0 Å². The quantitative estimate of drug-likeness (QED) is 0.476. The fourth-order valence-electron chi connectivity index (χ4n) is 1.76. The van der Waals surface area contributed by atoms with Crippen LogP contribution in [0.25, 0.3) is 0 Å². The third kappa shape index (κ3) is 3.18. The van der Waals surface area contributed by atoms with Crippen LogP contribution in [0.15, 0.2) is 12.5 Å². The number of H-pyrrole nitrogens is 2. The molecule has 1 saturated heterocycles. The zero-order chi connectivity index (χ0) is 7.52. The van der Waals surface area contributed by atoms with Crippen LogP contribution in [0.4, 0.5) is 0 Å². The zero-order valence-electron chi connectivity index (χ0n) is 7.39. The molecule has 3 nitrogen and oxygen atoms in total. The number of hydrogen-bond acceptors (Lipinski definition) is 0. The summed E-state index contributed by atoms with van der Waals surface area (Å²) in [5.74, 6) is 0.745. The SMILES string of the molecule is [Cl-].[Cl-].c1[nH]c(C2CCC[NH2+]C2)c[nH+]1. The number of imidazole rings is 1. The number of halogens is 2. The van der Waals surface area contributed by atoms with Crippen molar-refractivity contribution < 1.29 is 35.1 Å². The predicted molar refractivity (Wildman–Crippen MR) is 41.0 cm³/mol. The van der Waals surface area contributed by atoms with Gasteiger partial charge in [0, 0.05) is 0 Å². The second-order valence-electron chi connectivity index (χ2n) is 3.21. The molecule has 1 aliphatic rings. The summed E-state index contributed by atoms with van der Waals surface area (Å²) in [5, 5.41) is 2.40. The van der Waals surface area contributed by atoms with Crippen LogP contribution in [0.1, 0.15) is 24.5 Å². The molecule has 5 heteroatoms. The lowest BCUT2D eigenvalue weighted by Crippen LogP contribution is -3.00. The molecule has 4 N–H and O–H groups in total. The van der Waals surface area contributed by atoms with Gasteiger partial charge in [0.2, 0.25) is 6.33 Å². The van der Waals surface area contributed by atoms with Crippen molar-refractivity contribution >= 4 is 0 Å². The van der Waals surface area contributed by atoms with E-state index < -0.39 is 0 Å². The Balaban J connectivity index is 0.000000720. The molecule has 0 bridgehead atoms. The predicted octanol–water partition coefficient (Wildman–Crippen LogP) is -6.72. The number of aromatic amines is 2. The van der Waals surface area contributed by atoms with Gasteiger partial charge in [-0.15, -0.1) is 0 Å². The van der Waals surface area contributed by atoms with Crippen molar-refractivity contribution in [2.45, 2.75) is 18.8 Å². The number of rotatable bonds is 1. The van der Waals surface area contributed by atoms with Crippen molar-refractivity contribution in [3.8, 4) is 0 Å². The molecule has 1 aromatic rings. The summed E-state index contributed by atoms with van der Waals surface area (Å²) in [6, 6.07) is 0. The van der Waals surface area contributed by atoms with Crippen LogP contribution in [0.5, 0.6) is 0 Å². The first kappa shape index (κ1) is 12.8. The summed E-state index contributed by atoms with van der Waals surface area (Å²) in [6.07, 6.45) is 6.66. The van der Waals surface area contributed by atoms with Gasteiger partial charge in [-0.05, 0) is 12.8 Å². The van der Waals surface area contributed by atoms with E-state index in [4.69, 9.17) is 0 Å². The van der Waals surface area contributed by atoms with Gasteiger partial charge in [-0.3, -0.25) is 4.98 Å². The summed E-state index contributed by atoms with van der Waals surface area (Å²) in [4.78, 5) is 6.29. The Hall–Kier alpha value is -0.250. The van der Waals surface area contributed by atoms with Gasteiger partial charge < -0.3 is 30.1 Å². The summed E-state index contributed by atoms with van der Waals surface area (Å²) in [7, 11) is 0. The summed E-state index contributed by atoms with van der Waals surface area (Å²) in [6.45, 7) is 2.55. The third-order valence-corrected chi connectivity index (χ3v) is 2.41. The second kappa shape index (κ2) is 6.24. The zero-order valence-corrected chi connectivity index (χ0v) is 8.91. The molecule has 1 aromatic heterocycles. The summed E-state index contributed by atoms with van der Waals surface area (Å²) in [5.41, 5.74) is 1.36. The maximum atomic E-state index is 3.23. The Morgan fingerprint density at radius 3 is 2.85 bits per heavy atom. The highest BCUT2D eigenvalue weighted by Gasteiger charge is 2.21. The molecule has 1 aliphatic heterocycles. The van der Waals surface area contributed by atoms with Gasteiger partial charge in [0.05, 0.1) is 19.0 Å². The van der Waals surface area contributed by atoms with E-state index in [0.717, 1.165) is 5.92 Å². The standard InChI is InChI=1S/C8H13N3.2ClH/c1-2-7(4-9-3-1)8-5-10-6-11-8;;/h5-7,9H,1-4H2,(H,10,11);2*1H. The number of nitrogens with one attached hydrogen (secondary N) is 2. The van der Waals surface area contributed by atoms with Crippen LogP contribution >= 0.6 is 0 Å². The van der Waals surface area contributed by atoms with E-state index in [1.54, 1.807) is 0 Å². The topological polar surface area (TPSA) is 46.5 Å². The maximum absolute atomic E-state index is 3.23. The van der Waals surface area contributed by atoms with E-state index >= 15 is 0 Å². The fourth-order valence-corrected chi connectivity index (χ4v) is 1.76. The van der Waals surface area contributed by atoms with Gasteiger partial charge in [-0.25, -0.2) is 4.98 Å². The first-order chi connectivity index (χ1) is 5.47. The summed E-state index contributed by atoms with van der Waals surface area (Å²) >= 11 is 0. The third-order valence-electron chi connectivity index (χ3n) is 2.41. The van der Waals surface area contributed by atoms with Gasteiger partial charge in [-0.1, -0.05) is 0 Å². The monoisotopic (exact) mass is 223 g/mol. The Morgan fingerprint density at radius 1 is 1.46 bits per heavy atom. The normalized spacial score (nSPS) is 21.4. The molecule has 0 spiro atoms. The first-order valence-corrected chi connectivity index (χ1v) is 4.33. The average Bonchev–Trinajstić information content (AvgIpc) is 2.58. The first-order valence-electron chi connectivity index (χ1n) is 4.33. The molecular weight excluding hydrogens is 209 g/mol. The molecule has 0 saturated carbocycles. The van der Waals surface area contributed by atoms with E-state index in [1.807, 2.05) is 6.33 Å². The number of quaternary nitrogens is 1. The van der Waals surface area contributed by atoms with Gasteiger partial charge in [0.15, 0.2) is 0 Å². The second-order valence-corrected chi connectivity index (χ2v) is 3.21. The lowest BCUT2D eigenvalue weighted by Gasteiger charge is -2.16. The van der Waals surface area contributed by atoms with Gasteiger partial charge in [0.25, 0.3) is 0 Å². The van der Waals surface area contributed by atoms with Crippen molar-refractivity contribution in [3.63, 3.8) is 0 Å². The van der Waals surface area contributed by atoms with Crippen molar-refractivity contribution in [1.82, 2.24) is 4.98 Å². The Morgan fingerprint density at radius 2 is 2.31 bits per heavy atom. The van der Waals surface area contributed by atoms with Crippen molar-refractivity contribution in [2.24, 2.45) is 0 Å². The molecule has 1 unspecified atom stereocenters.